The number of thiazole rings is 2. The lowest BCUT2D eigenvalue weighted by Gasteiger charge is -2.24. The molecule has 28 heavy (non-hydrogen) atoms. The molecule has 2 amide bonds. The van der Waals surface area contributed by atoms with Gasteiger partial charge in [0.25, 0.3) is 0 Å². The zero-order chi connectivity index (χ0) is 19.7. The van der Waals surface area contributed by atoms with Crippen molar-refractivity contribution in [3.63, 3.8) is 0 Å². The van der Waals surface area contributed by atoms with Crippen molar-refractivity contribution >= 4 is 39.6 Å². The van der Waals surface area contributed by atoms with Crippen molar-refractivity contribution in [2.45, 2.75) is 32.7 Å². The molecule has 1 N–H and O–H groups in total. The molecule has 9 heteroatoms. The minimum atomic E-state index is -0.654. The second-order valence-corrected chi connectivity index (χ2v) is 8.64. The topological polar surface area (TPSA) is 88.1 Å². The van der Waals surface area contributed by atoms with E-state index in [1.807, 2.05) is 31.4 Å². The monoisotopic (exact) mass is 413 g/mol. The van der Waals surface area contributed by atoms with E-state index in [0.717, 1.165) is 39.7 Å². The van der Waals surface area contributed by atoms with Gasteiger partial charge in [-0.2, -0.15) is 0 Å². The number of aryl methyl sites for hydroxylation is 2. The first-order chi connectivity index (χ1) is 13.5. The van der Waals surface area contributed by atoms with Crippen molar-refractivity contribution in [2.24, 2.45) is 0 Å². The fraction of sp³-hybridized carbons (Fsp3) is 0.316. The summed E-state index contributed by atoms with van der Waals surface area (Å²) in [5.74, 6) is -1.18. The van der Waals surface area contributed by atoms with E-state index in [9.17, 15) is 9.59 Å². The maximum atomic E-state index is 12.7. The molecule has 7 nitrogen and oxygen atoms in total. The summed E-state index contributed by atoms with van der Waals surface area (Å²) in [4.78, 5) is 40.8. The van der Waals surface area contributed by atoms with Crippen LogP contribution in [0.15, 0.2) is 29.9 Å². The highest BCUT2D eigenvalue weighted by Crippen LogP contribution is 2.33. The average molecular weight is 414 g/mol. The molecule has 4 heterocycles. The first-order valence-corrected chi connectivity index (χ1v) is 10.6. The standard InChI is InChI=1S/C19H19N5O2S2/c1-11-16(28-12(2)21-11)14-10-27-19(22-14)23-17(25)18(26)24-9-3-4-15(24)13-5-7-20-8-6-13/h5-8,10,15H,3-4,9H2,1-2H3,(H,22,23,25). The first kappa shape index (κ1) is 18.7. The van der Waals surface area contributed by atoms with Gasteiger partial charge in [-0.25, -0.2) is 9.97 Å². The minimum Gasteiger partial charge on any atom is -0.327 e. The molecule has 1 fully saturated rings. The first-order valence-electron chi connectivity index (χ1n) is 8.94. The summed E-state index contributed by atoms with van der Waals surface area (Å²) in [5, 5.41) is 5.91. The van der Waals surface area contributed by atoms with Crippen LogP contribution in [0.25, 0.3) is 10.6 Å². The molecule has 0 saturated carbocycles. The van der Waals surface area contributed by atoms with Gasteiger partial charge in [0, 0.05) is 24.3 Å². The number of pyridine rings is 1. The zero-order valence-electron chi connectivity index (χ0n) is 15.5. The number of rotatable bonds is 3. The van der Waals surface area contributed by atoms with Gasteiger partial charge in [0.15, 0.2) is 5.13 Å². The lowest BCUT2D eigenvalue weighted by Crippen LogP contribution is -2.39. The lowest BCUT2D eigenvalue weighted by atomic mass is 10.1. The Morgan fingerprint density at radius 3 is 2.71 bits per heavy atom. The number of hydrogen-bond acceptors (Lipinski definition) is 7. The fourth-order valence-electron chi connectivity index (χ4n) is 3.43. The fourth-order valence-corrected chi connectivity index (χ4v) is 5.08. The number of carbonyl (C=O) groups excluding carboxylic acids is 2. The van der Waals surface area contributed by atoms with Gasteiger partial charge in [0.1, 0.15) is 0 Å². The number of nitrogens with one attached hydrogen (secondary N) is 1. The van der Waals surface area contributed by atoms with Gasteiger partial charge in [0.05, 0.1) is 27.3 Å². The summed E-state index contributed by atoms with van der Waals surface area (Å²) in [6.07, 6.45) is 5.12. The van der Waals surface area contributed by atoms with Crippen LogP contribution in [0, 0.1) is 13.8 Å². The average Bonchev–Trinajstić information content (AvgIpc) is 3.41. The molecule has 1 unspecified atom stereocenters. The number of anilines is 1. The van der Waals surface area contributed by atoms with Crippen LogP contribution in [-0.2, 0) is 9.59 Å². The Bertz CT molecular complexity index is 1010. The molecule has 144 valence electrons. The Balaban J connectivity index is 1.46. The van der Waals surface area contributed by atoms with E-state index in [1.54, 1.807) is 28.6 Å². The van der Waals surface area contributed by atoms with Crippen LogP contribution in [0.1, 0.15) is 35.1 Å². The van der Waals surface area contributed by atoms with Crippen LogP contribution in [0.2, 0.25) is 0 Å². The highest BCUT2D eigenvalue weighted by molar-refractivity contribution is 7.17. The van der Waals surface area contributed by atoms with E-state index >= 15 is 0 Å². The van der Waals surface area contributed by atoms with E-state index in [-0.39, 0.29) is 6.04 Å². The van der Waals surface area contributed by atoms with Gasteiger partial charge in [-0.15, -0.1) is 22.7 Å². The van der Waals surface area contributed by atoms with Gasteiger partial charge >= 0.3 is 11.8 Å². The Morgan fingerprint density at radius 2 is 2.00 bits per heavy atom. The van der Waals surface area contributed by atoms with Gasteiger partial charge in [0.2, 0.25) is 0 Å². The number of amides is 2. The molecule has 1 aliphatic rings. The number of hydrogen-bond donors (Lipinski definition) is 1. The van der Waals surface area contributed by atoms with Gasteiger partial charge in [-0.1, -0.05) is 0 Å². The third-order valence-corrected chi connectivity index (χ3v) is 6.51. The van der Waals surface area contributed by atoms with Crippen molar-refractivity contribution in [1.82, 2.24) is 19.9 Å². The van der Waals surface area contributed by atoms with Crippen LogP contribution in [-0.4, -0.2) is 38.2 Å². The van der Waals surface area contributed by atoms with Crippen LogP contribution in [0.4, 0.5) is 5.13 Å². The number of carbonyl (C=O) groups is 2. The molecular formula is C19H19N5O2S2. The summed E-state index contributed by atoms with van der Waals surface area (Å²) in [6, 6.07) is 3.69. The van der Waals surface area contributed by atoms with E-state index < -0.39 is 11.8 Å². The Morgan fingerprint density at radius 1 is 1.21 bits per heavy atom. The molecule has 0 radical (unpaired) electrons. The molecule has 0 aromatic carbocycles. The van der Waals surface area contributed by atoms with Gasteiger partial charge < -0.3 is 4.90 Å². The number of nitrogens with zero attached hydrogens (tertiary/aromatic N) is 4. The maximum Gasteiger partial charge on any atom is 0.315 e. The second-order valence-electron chi connectivity index (χ2n) is 6.58. The smallest absolute Gasteiger partial charge is 0.315 e. The molecule has 0 spiro atoms. The lowest BCUT2D eigenvalue weighted by molar-refractivity contribution is -0.143. The Hall–Kier alpha value is -2.65. The predicted octanol–water partition coefficient (Wildman–Crippen LogP) is 3.58. The van der Waals surface area contributed by atoms with E-state index in [2.05, 4.69) is 20.3 Å². The summed E-state index contributed by atoms with van der Waals surface area (Å²) >= 11 is 2.87. The molecule has 1 saturated heterocycles. The summed E-state index contributed by atoms with van der Waals surface area (Å²) in [6.45, 7) is 4.46. The third-order valence-electron chi connectivity index (χ3n) is 4.66. The highest BCUT2D eigenvalue weighted by Gasteiger charge is 2.33. The van der Waals surface area contributed by atoms with Crippen molar-refractivity contribution < 1.29 is 9.59 Å². The molecule has 0 bridgehead atoms. The molecule has 3 aromatic rings. The summed E-state index contributed by atoms with van der Waals surface area (Å²) in [5.41, 5.74) is 2.69. The molecule has 1 atom stereocenters. The van der Waals surface area contributed by atoms with Gasteiger partial charge in [-0.05, 0) is 44.4 Å². The molecular weight excluding hydrogens is 394 g/mol. The minimum absolute atomic E-state index is 0.0871. The SMILES string of the molecule is Cc1nc(C)c(-c2csc(NC(=O)C(=O)N3CCCC3c3ccncc3)n2)s1. The van der Waals surface area contributed by atoms with Crippen LogP contribution < -0.4 is 5.32 Å². The third kappa shape index (κ3) is 3.67. The van der Waals surface area contributed by atoms with Crippen LogP contribution >= 0.6 is 22.7 Å². The highest BCUT2D eigenvalue weighted by atomic mass is 32.1. The molecule has 3 aromatic heterocycles. The Labute approximate surface area is 170 Å². The van der Waals surface area contributed by atoms with E-state index in [1.165, 1.54) is 11.3 Å². The molecule has 4 rings (SSSR count). The predicted molar refractivity (Wildman–Crippen MR) is 109 cm³/mol. The van der Waals surface area contributed by atoms with Crippen molar-refractivity contribution in [2.75, 3.05) is 11.9 Å². The second kappa shape index (κ2) is 7.76. The molecule has 1 aliphatic heterocycles. The molecule has 0 aliphatic carbocycles. The number of likely N-dealkylation sites (tertiary alicyclic amines) is 1. The maximum absolute atomic E-state index is 12.7. The van der Waals surface area contributed by atoms with E-state index in [0.29, 0.717) is 11.7 Å². The van der Waals surface area contributed by atoms with Crippen molar-refractivity contribution in [3.05, 3.63) is 46.2 Å². The summed E-state index contributed by atoms with van der Waals surface area (Å²) < 4.78 is 0. The van der Waals surface area contributed by atoms with Crippen LogP contribution in [0.3, 0.4) is 0 Å². The van der Waals surface area contributed by atoms with Crippen LogP contribution in [0.5, 0.6) is 0 Å². The Kier molecular flexibility index (Phi) is 5.19. The quantitative estimate of drug-likeness (QED) is 0.663. The zero-order valence-corrected chi connectivity index (χ0v) is 17.1. The van der Waals surface area contributed by atoms with Gasteiger partial charge in [-0.3, -0.25) is 19.9 Å². The number of aromatic nitrogens is 3. The van der Waals surface area contributed by atoms with E-state index in [4.69, 9.17) is 0 Å². The largest absolute Gasteiger partial charge is 0.327 e. The summed E-state index contributed by atoms with van der Waals surface area (Å²) in [7, 11) is 0. The van der Waals surface area contributed by atoms with Crippen molar-refractivity contribution in [3.8, 4) is 10.6 Å². The van der Waals surface area contributed by atoms with Crippen molar-refractivity contribution in [1.29, 1.82) is 0 Å². The normalized spacial score (nSPS) is 16.4.